The van der Waals surface area contributed by atoms with Gasteiger partial charge in [0.25, 0.3) is 0 Å². The van der Waals surface area contributed by atoms with Crippen LogP contribution in [0.25, 0.3) is 11.3 Å². The molecule has 96 valence electrons. The van der Waals surface area contributed by atoms with Gasteiger partial charge in [-0.05, 0) is 37.6 Å². The van der Waals surface area contributed by atoms with E-state index in [-0.39, 0.29) is 0 Å². The van der Waals surface area contributed by atoms with Crippen molar-refractivity contribution in [1.82, 2.24) is 5.32 Å². The number of halogens is 1. The van der Waals surface area contributed by atoms with Crippen LogP contribution >= 0.6 is 11.6 Å². The fourth-order valence-electron chi connectivity index (χ4n) is 1.69. The molecule has 2 rings (SSSR count). The van der Waals surface area contributed by atoms with E-state index in [0.29, 0.717) is 6.04 Å². The summed E-state index contributed by atoms with van der Waals surface area (Å²) in [5.74, 6) is 1.81. The van der Waals surface area contributed by atoms with Crippen LogP contribution in [0.15, 0.2) is 40.8 Å². The van der Waals surface area contributed by atoms with Gasteiger partial charge in [0.2, 0.25) is 0 Å². The van der Waals surface area contributed by atoms with Gasteiger partial charge in [-0.3, -0.25) is 0 Å². The average Bonchev–Trinajstić information content (AvgIpc) is 2.84. The summed E-state index contributed by atoms with van der Waals surface area (Å²) in [5.41, 5.74) is 1.01. The summed E-state index contributed by atoms with van der Waals surface area (Å²) in [6.07, 6.45) is 1.11. The molecule has 0 aliphatic heterocycles. The van der Waals surface area contributed by atoms with E-state index in [1.54, 1.807) is 0 Å². The van der Waals surface area contributed by atoms with Gasteiger partial charge in [0, 0.05) is 16.6 Å². The van der Waals surface area contributed by atoms with Crippen molar-refractivity contribution in [3.63, 3.8) is 0 Å². The van der Waals surface area contributed by atoms with Crippen LogP contribution in [-0.2, 0) is 6.54 Å². The first-order valence-electron chi connectivity index (χ1n) is 6.27. The second-order valence-corrected chi connectivity index (χ2v) is 4.90. The van der Waals surface area contributed by atoms with E-state index in [1.165, 1.54) is 0 Å². The zero-order chi connectivity index (χ0) is 13.0. The molecule has 2 aromatic rings. The van der Waals surface area contributed by atoms with E-state index in [1.807, 2.05) is 36.4 Å². The highest BCUT2D eigenvalue weighted by Gasteiger charge is 2.06. The molecule has 1 heterocycles. The Bertz CT molecular complexity index is 507. The lowest BCUT2D eigenvalue weighted by atomic mass is 10.2. The van der Waals surface area contributed by atoms with Crippen molar-refractivity contribution in [1.29, 1.82) is 0 Å². The largest absolute Gasteiger partial charge is 0.460 e. The second kappa shape index (κ2) is 6.07. The summed E-state index contributed by atoms with van der Waals surface area (Å²) >= 11 is 5.97. The molecule has 0 saturated carbocycles. The number of benzene rings is 1. The minimum atomic E-state index is 0.504. The molecule has 2 nitrogen and oxygen atoms in total. The van der Waals surface area contributed by atoms with Crippen molar-refractivity contribution < 1.29 is 4.42 Å². The molecule has 1 N–H and O–H groups in total. The smallest absolute Gasteiger partial charge is 0.134 e. The summed E-state index contributed by atoms with van der Waals surface area (Å²) in [6, 6.07) is 12.2. The van der Waals surface area contributed by atoms with Crippen molar-refractivity contribution in [2.75, 3.05) is 0 Å². The molecule has 0 saturated heterocycles. The summed E-state index contributed by atoms with van der Waals surface area (Å²) in [7, 11) is 0. The van der Waals surface area contributed by atoms with Crippen molar-refractivity contribution in [2.45, 2.75) is 32.9 Å². The van der Waals surface area contributed by atoms with Crippen LogP contribution < -0.4 is 5.32 Å². The molecular weight excluding hydrogens is 246 g/mol. The zero-order valence-electron chi connectivity index (χ0n) is 10.7. The van der Waals surface area contributed by atoms with Crippen molar-refractivity contribution in [3.05, 3.63) is 47.2 Å². The molecule has 3 heteroatoms. The van der Waals surface area contributed by atoms with Gasteiger partial charge >= 0.3 is 0 Å². The van der Waals surface area contributed by atoms with Gasteiger partial charge < -0.3 is 9.73 Å². The maximum atomic E-state index is 5.97. The predicted molar refractivity (Wildman–Crippen MR) is 75.7 cm³/mol. The van der Waals surface area contributed by atoms with Crippen molar-refractivity contribution >= 4 is 11.6 Å². The highest BCUT2D eigenvalue weighted by Crippen LogP contribution is 2.24. The lowest BCUT2D eigenvalue weighted by Crippen LogP contribution is -2.24. The topological polar surface area (TPSA) is 25.2 Å². The maximum Gasteiger partial charge on any atom is 0.134 e. The Hall–Kier alpha value is -1.25. The Kier molecular flexibility index (Phi) is 4.45. The first-order valence-corrected chi connectivity index (χ1v) is 6.65. The molecule has 0 spiro atoms. The summed E-state index contributed by atoms with van der Waals surface area (Å²) in [4.78, 5) is 0. The van der Waals surface area contributed by atoms with E-state index < -0.39 is 0 Å². The molecule has 0 bridgehead atoms. The highest BCUT2D eigenvalue weighted by molar-refractivity contribution is 6.30. The fourth-order valence-corrected chi connectivity index (χ4v) is 1.88. The molecular formula is C15H18ClNO. The van der Waals surface area contributed by atoms with E-state index >= 15 is 0 Å². The first kappa shape index (κ1) is 13.2. The zero-order valence-corrected chi connectivity index (χ0v) is 11.5. The number of nitrogens with one attached hydrogen (secondary N) is 1. The van der Waals surface area contributed by atoms with Gasteiger partial charge in [-0.2, -0.15) is 0 Å². The molecule has 0 aliphatic carbocycles. The van der Waals surface area contributed by atoms with Crippen molar-refractivity contribution in [3.8, 4) is 11.3 Å². The third-order valence-electron chi connectivity index (χ3n) is 3.01. The number of hydrogen-bond acceptors (Lipinski definition) is 2. The first-order chi connectivity index (χ1) is 8.69. The molecule has 1 unspecified atom stereocenters. The van der Waals surface area contributed by atoms with Gasteiger partial charge in [-0.15, -0.1) is 0 Å². The predicted octanol–water partition coefficient (Wildman–Crippen LogP) is 4.49. The third-order valence-corrected chi connectivity index (χ3v) is 3.24. The Morgan fingerprint density at radius 3 is 2.83 bits per heavy atom. The fraction of sp³-hybridized carbons (Fsp3) is 0.333. The van der Waals surface area contributed by atoms with Crippen LogP contribution in [0.1, 0.15) is 26.0 Å². The number of hydrogen-bond donors (Lipinski definition) is 1. The van der Waals surface area contributed by atoms with E-state index in [0.717, 1.165) is 35.1 Å². The van der Waals surface area contributed by atoms with Gasteiger partial charge in [0.05, 0.1) is 6.54 Å². The molecule has 0 radical (unpaired) electrons. The average molecular weight is 264 g/mol. The normalized spacial score (nSPS) is 12.6. The second-order valence-electron chi connectivity index (χ2n) is 4.47. The molecule has 1 atom stereocenters. The van der Waals surface area contributed by atoms with Gasteiger partial charge in [-0.1, -0.05) is 30.7 Å². The molecule has 1 aromatic heterocycles. The van der Waals surface area contributed by atoms with Crippen LogP contribution in [0.4, 0.5) is 0 Å². The van der Waals surface area contributed by atoms with Crippen molar-refractivity contribution in [2.24, 2.45) is 0 Å². The quantitative estimate of drug-likeness (QED) is 0.860. The number of rotatable bonds is 5. The molecule has 0 amide bonds. The Balaban J connectivity index is 2.06. The van der Waals surface area contributed by atoms with E-state index in [9.17, 15) is 0 Å². The standard InChI is InChI=1S/C15H18ClNO/c1-3-11(2)17-10-14-7-8-15(18-14)12-5-4-6-13(16)9-12/h4-9,11,17H,3,10H2,1-2H3. The van der Waals surface area contributed by atoms with E-state index in [2.05, 4.69) is 19.2 Å². The van der Waals surface area contributed by atoms with Crippen LogP contribution in [0.2, 0.25) is 5.02 Å². The minimum absolute atomic E-state index is 0.504. The number of furan rings is 1. The Labute approximate surface area is 113 Å². The summed E-state index contributed by atoms with van der Waals surface area (Å²) in [6.45, 7) is 5.09. The van der Waals surface area contributed by atoms with Gasteiger partial charge in [0.15, 0.2) is 0 Å². The summed E-state index contributed by atoms with van der Waals surface area (Å²) < 4.78 is 5.80. The molecule has 1 aromatic carbocycles. The van der Waals surface area contributed by atoms with Crippen LogP contribution in [-0.4, -0.2) is 6.04 Å². The Morgan fingerprint density at radius 2 is 2.11 bits per heavy atom. The lowest BCUT2D eigenvalue weighted by Gasteiger charge is -2.08. The molecule has 18 heavy (non-hydrogen) atoms. The van der Waals surface area contributed by atoms with Crippen LogP contribution in [0, 0.1) is 0 Å². The van der Waals surface area contributed by atoms with Gasteiger partial charge in [0.1, 0.15) is 11.5 Å². The van der Waals surface area contributed by atoms with E-state index in [4.69, 9.17) is 16.0 Å². The van der Waals surface area contributed by atoms with Gasteiger partial charge in [-0.25, -0.2) is 0 Å². The van der Waals surface area contributed by atoms with Crippen LogP contribution in [0.3, 0.4) is 0 Å². The molecule has 0 aliphatic rings. The summed E-state index contributed by atoms with van der Waals surface area (Å²) in [5, 5.41) is 4.13. The highest BCUT2D eigenvalue weighted by atomic mass is 35.5. The maximum absolute atomic E-state index is 5.97. The van der Waals surface area contributed by atoms with Crippen LogP contribution in [0.5, 0.6) is 0 Å². The minimum Gasteiger partial charge on any atom is -0.460 e. The SMILES string of the molecule is CCC(C)NCc1ccc(-c2cccc(Cl)c2)o1. The monoisotopic (exact) mass is 263 g/mol. The third kappa shape index (κ3) is 3.37. The lowest BCUT2D eigenvalue weighted by molar-refractivity contribution is 0.457. The Morgan fingerprint density at radius 1 is 1.28 bits per heavy atom. The molecule has 0 fully saturated rings.